The van der Waals surface area contributed by atoms with Crippen LogP contribution in [0.5, 0.6) is 0 Å². The maximum atomic E-state index is 14.2. The summed E-state index contributed by atoms with van der Waals surface area (Å²) >= 11 is 10.9. The van der Waals surface area contributed by atoms with E-state index in [-0.39, 0.29) is 22.6 Å². The third kappa shape index (κ3) is 3.21. The van der Waals surface area contributed by atoms with E-state index in [1.165, 1.54) is 30.3 Å². The first-order valence-electron chi connectivity index (χ1n) is 6.98. The van der Waals surface area contributed by atoms with Crippen molar-refractivity contribution in [3.8, 4) is 0 Å². The van der Waals surface area contributed by atoms with Crippen molar-refractivity contribution in [1.82, 2.24) is 0 Å². The summed E-state index contributed by atoms with van der Waals surface area (Å²) in [7, 11) is 0. The minimum absolute atomic E-state index is 0.0139. The van der Waals surface area contributed by atoms with E-state index in [1.54, 1.807) is 12.1 Å². The van der Waals surface area contributed by atoms with Gasteiger partial charge in [0.1, 0.15) is 5.82 Å². The van der Waals surface area contributed by atoms with Crippen LogP contribution in [0.25, 0.3) is 0 Å². The number of halogens is 5. The third-order valence-electron chi connectivity index (χ3n) is 3.69. The number of fused-ring (bicyclic) bond motifs is 1. The van der Waals surface area contributed by atoms with E-state index in [0.29, 0.717) is 16.1 Å². The zero-order valence-electron chi connectivity index (χ0n) is 12.1. The van der Waals surface area contributed by atoms with Gasteiger partial charge < -0.3 is 0 Å². The fourth-order valence-electron chi connectivity index (χ4n) is 2.60. The number of rotatable bonds is 1. The zero-order chi connectivity index (χ0) is 17.5. The van der Waals surface area contributed by atoms with Gasteiger partial charge in [-0.2, -0.15) is 13.2 Å². The summed E-state index contributed by atoms with van der Waals surface area (Å²) in [5.41, 5.74) is 0.799. The Hall–Kier alpha value is -1.79. The van der Waals surface area contributed by atoms with Gasteiger partial charge in [0.2, 0.25) is 0 Å². The number of nitrogens with zero attached hydrogens (tertiary/aromatic N) is 1. The average Bonchev–Trinajstić information content (AvgIpc) is 2.64. The van der Waals surface area contributed by atoms with Gasteiger partial charge in [0.15, 0.2) is 6.04 Å². The standard InChI is InChI=1S/C17H10ClF4NS/c18-10-6-5-9-7-14(24)16(17(20,21)22)23-15(12(9)8-10)11-3-1-2-4-13(11)19/h1-6,8,16H,7H2/t16-/m1/s1. The molecule has 2 aromatic carbocycles. The molecule has 0 saturated carbocycles. The number of benzene rings is 2. The first kappa shape index (κ1) is 17.0. The largest absolute Gasteiger partial charge is 0.415 e. The second kappa shape index (κ2) is 6.26. The lowest BCUT2D eigenvalue weighted by Gasteiger charge is -2.16. The smallest absolute Gasteiger partial charge is 0.266 e. The molecule has 1 nitrogen and oxygen atoms in total. The van der Waals surface area contributed by atoms with Gasteiger partial charge >= 0.3 is 6.18 Å². The summed E-state index contributed by atoms with van der Waals surface area (Å²) in [5, 5.41) is 0.328. The predicted octanol–water partition coefficient (Wildman–Crippen LogP) is 5.17. The Morgan fingerprint density at radius 1 is 1.08 bits per heavy atom. The molecular formula is C17H10ClF4NS. The van der Waals surface area contributed by atoms with E-state index in [2.05, 4.69) is 4.99 Å². The van der Waals surface area contributed by atoms with Crippen molar-refractivity contribution in [2.24, 2.45) is 4.99 Å². The molecule has 0 bridgehead atoms. The summed E-state index contributed by atoms with van der Waals surface area (Å²) < 4.78 is 54.2. The summed E-state index contributed by atoms with van der Waals surface area (Å²) in [6.07, 6.45) is -4.72. The Labute approximate surface area is 146 Å². The number of hydrogen-bond donors (Lipinski definition) is 0. The molecule has 0 saturated heterocycles. The van der Waals surface area contributed by atoms with Gasteiger partial charge in [-0.25, -0.2) is 4.39 Å². The quantitative estimate of drug-likeness (QED) is 0.497. The lowest BCUT2D eigenvalue weighted by atomic mass is 9.95. The highest BCUT2D eigenvalue weighted by molar-refractivity contribution is 7.80. The highest BCUT2D eigenvalue weighted by Gasteiger charge is 2.44. The molecule has 0 amide bonds. The van der Waals surface area contributed by atoms with Crippen LogP contribution in [0.4, 0.5) is 17.6 Å². The molecular weight excluding hydrogens is 362 g/mol. The van der Waals surface area contributed by atoms with Gasteiger partial charge in [0, 0.05) is 27.4 Å². The maximum Gasteiger partial charge on any atom is 0.415 e. The second-order valence-corrected chi connectivity index (χ2v) is 6.31. The topological polar surface area (TPSA) is 12.4 Å². The van der Waals surface area contributed by atoms with Crippen molar-refractivity contribution in [3.63, 3.8) is 0 Å². The Bertz CT molecular complexity index is 845. The van der Waals surface area contributed by atoms with Gasteiger partial charge in [0.05, 0.1) is 5.71 Å². The summed E-state index contributed by atoms with van der Waals surface area (Å²) in [6.45, 7) is 0. The van der Waals surface area contributed by atoms with Crippen molar-refractivity contribution in [1.29, 1.82) is 0 Å². The first-order chi connectivity index (χ1) is 11.3. The Balaban J connectivity index is 2.29. The number of hydrogen-bond acceptors (Lipinski definition) is 2. The van der Waals surface area contributed by atoms with Gasteiger partial charge in [-0.3, -0.25) is 4.99 Å². The molecule has 7 heteroatoms. The maximum absolute atomic E-state index is 14.2. The Kier molecular flexibility index (Phi) is 4.44. The molecule has 0 spiro atoms. The highest BCUT2D eigenvalue weighted by atomic mass is 35.5. The van der Waals surface area contributed by atoms with Crippen LogP contribution in [-0.4, -0.2) is 22.8 Å². The van der Waals surface area contributed by atoms with Gasteiger partial charge in [-0.1, -0.05) is 42.0 Å². The molecule has 0 fully saturated rings. The summed E-state index contributed by atoms with van der Waals surface area (Å²) in [5.74, 6) is -0.657. The molecule has 2 aromatic rings. The van der Waals surface area contributed by atoms with Crippen LogP contribution >= 0.6 is 23.8 Å². The van der Waals surface area contributed by atoms with Crippen LogP contribution in [0.15, 0.2) is 47.5 Å². The molecule has 1 heterocycles. The minimum Gasteiger partial charge on any atom is -0.266 e. The van der Waals surface area contributed by atoms with Crippen LogP contribution in [-0.2, 0) is 6.42 Å². The molecule has 1 aliphatic rings. The van der Waals surface area contributed by atoms with Crippen molar-refractivity contribution in [2.75, 3.05) is 0 Å². The lowest BCUT2D eigenvalue weighted by Crippen LogP contribution is -2.35. The van der Waals surface area contributed by atoms with Gasteiger partial charge in [0.25, 0.3) is 0 Å². The molecule has 0 unspecified atom stereocenters. The number of thiocarbonyl (C=S) groups is 1. The molecule has 3 rings (SSSR count). The normalized spacial score (nSPS) is 18.0. The van der Waals surface area contributed by atoms with Crippen LogP contribution in [0.1, 0.15) is 16.7 Å². The Morgan fingerprint density at radius 2 is 1.79 bits per heavy atom. The molecule has 124 valence electrons. The minimum atomic E-state index is -4.64. The highest BCUT2D eigenvalue weighted by Crippen LogP contribution is 2.32. The summed E-state index contributed by atoms with van der Waals surface area (Å²) in [6, 6.07) is 8.05. The predicted molar refractivity (Wildman–Crippen MR) is 89.6 cm³/mol. The molecule has 0 radical (unpaired) electrons. The molecule has 0 aliphatic carbocycles. The number of alkyl halides is 3. The van der Waals surface area contributed by atoms with Gasteiger partial charge in [-0.15, -0.1) is 0 Å². The third-order valence-corrected chi connectivity index (χ3v) is 4.30. The fraction of sp³-hybridized carbons (Fsp3) is 0.176. The summed E-state index contributed by atoms with van der Waals surface area (Å²) in [4.78, 5) is 3.54. The monoisotopic (exact) mass is 371 g/mol. The van der Waals surface area contributed by atoms with E-state index in [4.69, 9.17) is 23.8 Å². The van der Waals surface area contributed by atoms with E-state index >= 15 is 0 Å². The van der Waals surface area contributed by atoms with Crippen LogP contribution in [0, 0.1) is 5.82 Å². The van der Waals surface area contributed by atoms with E-state index in [9.17, 15) is 17.6 Å². The fourth-order valence-corrected chi connectivity index (χ4v) is 3.12. The lowest BCUT2D eigenvalue weighted by molar-refractivity contribution is -0.131. The Morgan fingerprint density at radius 3 is 2.46 bits per heavy atom. The molecule has 24 heavy (non-hydrogen) atoms. The van der Waals surface area contributed by atoms with Gasteiger partial charge in [-0.05, 0) is 29.8 Å². The number of aliphatic imine (C=N–C) groups is 1. The molecule has 0 aromatic heterocycles. The van der Waals surface area contributed by atoms with Crippen LogP contribution < -0.4 is 0 Å². The van der Waals surface area contributed by atoms with Crippen LogP contribution in [0.3, 0.4) is 0 Å². The zero-order valence-corrected chi connectivity index (χ0v) is 13.6. The molecule has 1 aliphatic heterocycles. The van der Waals surface area contributed by atoms with Crippen molar-refractivity contribution >= 4 is 34.4 Å². The van der Waals surface area contributed by atoms with E-state index in [0.717, 1.165) is 0 Å². The first-order valence-corrected chi connectivity index (χ1v) is 7.77. The SMILES string of the molecule is Fc1ccccc1C1=N[C@@H](C(F)(F)F)C(=S)Cc2ccc(Cl)cc21. The van der Waals surface area contributed by atoms with Crippen molar-refractivity contribution in [3.05, 3.63) is 70.0 Å². The second-order valence-electron chi connectivity index (χ2n) is 5.35. The van der Waals surface area contributed by atoms with E-state index in [1.807, 2.05) is 0 Å². The van der Waals surface area contributed by atoms with Crippen LogP contribution in [0.2, 0.25) is 5.02 Å². The average molecular weight is 372 g/mol. The van der Waals surface area contributed by atoms with Crippen molar-refractivity contribution in [2.45, 2.75) is 18.6 Å². The van der Waals surface area contributed by atoms with E-state index < -0.39 is 18.0 Å². The molecule has 1 atom stereocenters. The molecule has 0 N–H and O–H groups in total. The van der Waals surface area contributed by atoms with Crippen molar-refractivity contribution < 1.29 is 17.6 Å².